The highest BCUT2D eigenvalue weighted by molar-refractivity contribution is 8.13. The predicted octanol–water partition coefficient (Wildman–Crippen LogP) is 8.86. The van der Waals surface area contributed by atoms with Gasteiger partial charge in [0.15, 0.2) is 11.6 Å². The molecule has 0 spiro atoms. The predicted molar refractivity (Wildman–Crippen MR) is 269 cm³/mol. The van der Waals surface area contributed by atoms with Gasteiger partial charge in [-0.1, -0.05) is 84.9 Å². The van der Waals surface area contributed by atoms with Crippen molar-refractivity contribution in [2.45, 2.75) is 125 Å². The number of anilines is 2. The molecule has 0 saturated carbocycles. The van der Waals surface area contributed by atoms with Gasteiger partial charge in [0.05, 0.1) is 30.0 Å². The van der Waals surface area contributed by atoms with Gasteiger partial charge in [-0.05, 0) is 95.3 Å². The zero-order valence-electron chi connectivity index (χ0n) is 42.1. The molecule has 0 atom stereocenters. The third-order valence-corrected chi connectivity index (χ3v) is 15.2. The van der Waals surface area contributed by atoms with Gasteiger partial charge in [0.25, 0.3) is 19.1 Å². The summed E-state index contributed by atoms with van der Waals surface area (Å²) in [4.78, 5) is 51.8. The number of nitrogens with one attached hydrogen (secondary N) is 1. The van der Waals surface area contributed by atoms with Crippen molar-refractivity contribution < 1.29 is 45.5 Å². The van der Waals surface area contributed by atoms with Crippen LogP contribution < -0.4 is 9.62 Å². The van der Waals surface area contributed by atoms with E-state index in [1.165, 1.54) is 31.0 Å². The molecule has 1 N–H and O–H groups in total. The first kappa shape index (κ1) is 57.3. The molecule has 2 aromatic heterocycles. The minimum absolute atomic E-state index is 0.0198. The first-order valence-corrected chi connectivity index (χ1v) is 26.8. The van der Waals surface area contributed by atoms with Crippen molar-refractivity contribution in [1.29, 1.82) is 0 Å². The summed E-state index contributed by atoms with van der Waals surface area (Å²) in [6.45, 7) is 24.7. The summed E-state index contributed by atoms with van der Waals surface area (Å²) < 4.78 is 65.5. The van der Waals surface area contributed by atoms with E-state index < -0.39 is 31.0 Å². The van der Waals surface area contributed by atoms with Gasteiger partial charge in [-0.25, -0.2) is 16.8 Å². The van der Waals surface area contributed by atoms with E-state index in [0.717, 1.165) is 5.69 Å². The first-order chi connectivity index (χ1) is 31.7. The van der Waals surface area contributed by atoms with Crippen molar-refractivity contribution in [3.8, 4) is 0 Å². The van der Waals surface area contributed by atoms with E-state index in [4.69, 9.17) is 20.2 Å². The Kier molecular flexibility index (Phi) is 20.7. The number of carbonyl (C=O) groups is 4. The number of fused-ring (bicyclic) bond motifs is 2. The van der Waals surface area contributed by atoms with Gasteiger partial charge in [-0.15, -0.1) is 0 Å². The number of nitrogens with zero attached hydrogens (tertiary/aromatic N) is 4. The number of para-hydroxylation sites is 2. The standard InChI is InChI=1S/C22H28N2O5S.C15H20ClNO5S.C7H9N.C6H15N/c1-6-29-19(26)14-24-15(2)21(20-17(24)12-22(3,4)13-18(20)25)30(27,28)23(5)16-10-8-7-9-11-16;1-5-22-12(19)8-17-9(2)14(23(16,20)21)13-10(17)6-15(3,4)7-11(13)18;1-8-7-5-3-2-4-6-7;1-4-7(5-2)6-3/h7-11H,6,12-14H2,1-5H3;5-8H2,1-4H3;2-6,8H,1H3;4-6H2,1-3H3. The third kappa shape index (κ3) is 14.5. The van der Waals surface area contributed by atoms with Crippen LogP contribution in [0.25, 0.3) is 0 Å². The van der Waals surface area contributed by atoms with Crippen molar-refractivity contribution in [3.05, 3.63) is 94.6 Å². The SMILES string of the molecule is CCN(CC)CC.CCOC(=O)Cn1c(C)c(S(=O)(=O)Cl)c2c1CC(C)(C)CC2=O.CCOC(=O)Cn1c(C)c(S(=O)(=O)N(C)c2ccccc2)c2c1CC(C)(C)CC2=O.CNc1ccccc1. The maximum atomic E-state index is 13.6. The van der Waals surface area contributed by atoms with Gasteiger partial charge < -0.3 is 28.8 Å². The van der Waals surface area contributed by atoms with Gasteiger partial charge in [0.2, 0.25) is 0 Å². The van der Waals surface area contributed by atoms with Crippen LogP contribution in [0.2, 0.25) is 0 Å². The molecule has 376 valence electrons. The van der Waals surface area contributed by atoms with E-state index in [1.807, 2.05) is 65.1 Å². The number of sulfonamides is 1. The average Bonchev–Trinajstić information content (AvgIpc) is 3.70. The van der Waals surface area contributed by atoms with Crippen LogP contribution in [0.1, 0.15) is 119 Å². The first-order valence-electron chi connectivity index (χ1n) is 23.0. The van der Waals surface area contributed by atoms with Gasteiger partial charge >= 0.3 is 11.9 Å². The zero-order valence-corrected chi connectivity index (χ0v) is 44.5. The topological polar surface area (TPSA) is 183 Å². The lowest BCUT2D eigenvalue weighted by molar-refractivity contribution is -0.144. The van der Waals surface area contributed by atoms with Gasteiger partial charge in [0, 0.05) is 66.1 Å². The second-order valence-electron chi connectivity index (χ2n) is 18.1. The molecular formula is C50H72ClN5O10S2. The number of halogens is 1. The Hall–Kier alpha value is -4.97. The lowest BCUT2D eigenvalue weighted by Gasteiger charge is -2.30. The second kappa shape index (κ2) is 24.5. The van der Waals surface area contributed by atoms with Gasteiger partial charge in [-0.3, -0.25) is 23.5 Å². The number of aromatic nitrogens is 2. The Morgan fingerprint density at radius 2 is 1.04 bits per heavy atom. The van der Waals surface area contributed by atoms with Crippen LogP contribution in [-0.4, -0.2) is 101 Å². The summed E-state index contributed by atoms with van der Waals surface area (Å²) in [5, 5.41) is 3.03. The highest BCUT2D eigenvalue weighted by Crippen LogP contribution is 2.43. The maximum absolute atomic E-state index is 13.6. The number of hydrogen-bond acceptors (Lipinski definition) is 12. The molecule has 0 unspecified atom stereocenters. The smallest absolute Gasteiger partial charge is 0.325 e. The van der Waals surface area contributed by atoms with Crippen LogP contribution in [0.15, 0.2) is 70.5 Å². The Morgan fingerprint density at radius 1 is 0.662 bits per heavy atom. The van der Waals surface area contributed by atoms with E-state index in [-0.39, 0.29) is 82.5 Å². The molecule has 2 heterocycles. The van der Waals surface area contributed by atoms with Crippen LogP contribution in [0, 0.1) is 24.7 Å². The largest absolute Gasteiger partial charge is 0.465 e. The Bertz CT molecular complexity index is 2600. The van der Waals surface area contributed by atoms with E-state index in [1.54, 1.807) is 67.2 Å². The summed E-state index contributed by atoms with van der Waals surface area (Å²) >= 11 is 0. The van der Waals surface area contributed by atoms with Crippen LogP contribution in [0.3, 0.4) is 0 Å². The number of hydrogen-bond donors (Lipinski definition) is 1. The van der Waals surface area contributed by atoms with Crippen LogP contribution in [0.5, 0.6) is 0 Å². The summed E-state index contributed by atoms with van der Waals surface area (Å²) in [7, 11) is 0.803. The maximum Gasteiger partial charge on any atom is 0.325 e. The van der Waals surface area contributed by atoms with Gasteiger partial charge in [-0.2, -0.15) is 0 Å². The van der Waals surface area contributed by atoms with Crippen molar-refractivity contribution in [2.75, 3.05) is 56.6 Å². The third-order valence-electron chi connectivity index (χ3n) is 11.8. The van der Waals surface area contributed by atoms with Crippen LogP contribution in [0.4, 0.5) is 11.4 Å². The number of carbonyl (C=O) groups excluding carboxylic acids is 4. The van der Waals surface area contributed by atoms with Crippen molar-refractivity contribution in [2.24, 2.45) is 10.8 Å². The molecule has 6 rings (SSSR count). The molecule has 0 saturated heterocycles. The molecule has 0 bridgehead atoms. The molecule has 18 heteroatoms. The number of Topliss-reactive ketones (excluding diaryl/α,β-unsaturated/α-hetero) is 2. The molecule has 2 aliphatic rings. The van der Waals surface area contributed by atoms with Crippen molar-refractivity contribution >= 4 is 64.6 Å². The molecule has 2 aromatic carbocycles. The zero-order chi connectivity index (χ0) is 51.4. The normalized spacial score (nSPS) is 14.7. The summed E-state index contributed by atoms with van der Waals surface area (Å²) in [5.41, 5.74) is 3.14. The highest BCUT2D eigenvalue weighted by Gasteiger charge is 2.43. The molecule has 4 aromatic rings. The summed E-state index contributed by atoms with van der Waals surface area (Å²) in [5.74, 6) is -1.43. The monoisotopic (exact) mass is 1000 g/mol. The van der Waals surface area contributed by atoms with E-state index >= 15 is 0 Å². The molecule has 0 aliphatic heterocycles. The molecule has 2 aliphatic carbocycles. The Morgan fingerprint density at radius 3 is 1.38 bits per heavy atom. The molecule has 0 amide bonds. The molecular weight excluding hydrogens is 930 g/mol. The molecule has 15 nitrogen and oxygen atoms in total. The van der Waals surface area contributed by atoms with E-state index in [2.05, 4.69) is 31.0 Å². The number of rotatable bonds is 14. The average molecular weight is 1000 g/mol. The van der Waals surface area contributed by atoms with Crippen molar-refractivity contribution in [1.82, 2.24) is 14.0 Å². The Balaban J connectivity index is 0.000000281. The lowest BCUT2D eigenvalue weighted by Crippen LogP contribution is -2.31. The quantitative estimate of drug-likeness (QED) is 0.0937. The number of esters is 2. The minimum atomic E-state index is -4.09. The van der Waals surface area contributed by atoms with E-state index in [9.17, 15) is 36.0 Å². The molecule has 68 heavy (non-hydrogen) atoms. The van der Waals surface area contributed by atoms with Crippen LogP contribution in [-0.2, 0) is 64.1 Å². The number of benzene rings is 2. The second-order valence-corrected chi connectivity index (χ2v) is 22.5. The highest BCUT2D eigenvalue weighted by atomic mass is 35.7. The lowest BCUT2D eigenvalue weighted by atomic mass is 9.76. The molecule has 0 radical (unpaired) electrons. The fraction of sp³-hybridized carbons (Fsp3) is 0.520. The summed E-state index contributed by atoms with van der Waals surface area (Å²) in [6, 6.07) is 18.8. The number of ether oxygens (including phenoxy) is 2. The van der Waals surface area contributed by atoms with Crippen molar-refractivity contribution in [3.63, 3.8) is 0 Å². The fourth-order valence-electron chi connectivity index (χ4n) is 8.47. The Labute approximate surface area is 409 Å². The summed E-state index contributed by atoms with van der Waals surface area (Å²) in [6.07, 6.45) is 1.47. The number of ketones is 2. The molecule has 0 fully saturated rings. The van der Waals surface area contributed by atoms with Crippen LogP contribution >= 0.6 is 10.7 Å². The fourth-order valence-corrected chi connectivity index (χ4v) is 11.6. The van der Waals surface area contributed by atoms with Gasteiger partial charge in [0.1, 0.15) is 22.9 Å². The minimum Gasteiger partial charge on any atom is -0.465 e. The van der Waals surface area contributed by atoms with E-state index in [0.29, 0.717) is 41.3 Å².